The minimum Gasteiger partial charge on any atom is -0.298 e. The van der Waals surface area contributed by atoms with Crippen molar-refractivity contribution in [2.45, 2.75) is 6.42 Å². The van der Waals surface area contributed by atoms with Gasteiger partial charge in [0.25, 0.3) is 0 Å². The summed E-state index contributed by atoms with van der Waals surface area (Å²) in [6.07, 6.45) is 0.305. The van der Waals surface area contributed by atoms with Gasteiger partial charge in [-0.25, -0.2) is 0 Å². The zero-order valence-corrected chi connectivity index (χ0v) is 9.33. The van der Waals surface area contributed by atoms with Crippen LogP contribution in [0.3, 0.4) is 0 Å². The summed E-state index contributed by atoms with van der Waals surface area (Å²) >= 11 is 1.07. The van der Waals surface area contributed by atoms with Gasteiger partial charge in [-0.3, -0.25) is 14.4 Å². The zero-order chi connectivity index (χ0) is 11.5. The molecule has 0 amide bonds. The lowest BCUT2D eigenvalue weighted by molar-refractivity contribution is -0.126. The molecule has 1 unspecified atom stereocenters. The molecule has 82 valence electrons. The van der Waals surface area contributed by atoms with Crippen molar-refractivity contribution in [3.05, 3.63) is 35.9 Å². The number of hydrogen-bond donors (Lipinski definition) is 0. The maximum absolute atomic E-state index is 12.0. The quantitative estimate of drug-likeness (QED) is 0.577. The molecule has 4 heteroatoms. The van der Waals surface area contributed by atoms with E-state index < -0.39 is 5.92 Å². The van der Waals surface area contributed by atoms with Crippen molar-refractivity contribution in [1.29, 1.82) is 0 Å². The molecule has 16 heavy (non-hydrogen) atoms. The first-order valence-electron chi connectivity index (χ1n) is 4.99. The number of carbonyl (C=O) groups excluding carboxylic acids is 3. The summed E-state index contributed by atoms with van der Waals surface area (Å²) in [5, 5.41) is -0.315. The van der Waals surface area contributed by atoms with Crippen molar-refractivity contribution < 1.29 is 14.4 Å². The molecule has 1 aliphatic rings. The molecule has 1 saturated heterocycles. The third kappa shape index (κ3) is 2.07. The first-order valence-corrected chi connectivity index (χ1v) is 5.97. The lowest BCUT2D eigenvalue weighted by Gasteiger charge is -2.17. The largest absolute Gasteiger partial charge is 0.298 e. The average molecular weight is 234 g/mol. The van der Waals surface area contributed by atoms with Crippen LogP contribution in [-0.4, -0.2) is 22.4 Å². The summed E-state index contributed by atoms with van der Waals surface area (Å²) in [5.41, 5.74) is 0.428. The summed E-state index contributed by atoms with van der Waals surface area (Å²) in [4.78, 5) is 35.1. The highest BCUT2D eigenvalue weighted by atomic mass is 32.2. The lowest BCUT2D eigenvalue weighted by Crippen LogP contribution is -2.34. The topological polar surface area (TPSA) is 51.2 Å². The van der Waals surface area contributed by atoms with Gasteiger partial charge in [0.05, 0.1) is 0 Å². The first-order chi connectivity index (χ1) is 7.70. The van der Waals surface area contributed by atoms with E-state index in [1.807, 2.05) is 0 Å². The van der Waals surface area contributed by atoms with Gasteiger partial charge in [0, 0.05) is 17.7 Å². The van der Waals surface area contributed by atoms with E-state index in [-0.39, 0.29) is 16.7 Å². The van der Waals surface area contributed by atoms with Gasteiger partial charge in [-0.15, -0.1) is 0 Å². The second-order valence-corrected chi connectivity index (χ2v) is 4.65. The Morgan fingerprint density at radius 1 is 1.19 bits per heavy atom. The lowest BCUT2D eigenvalue weighted by atomic mass is 9.93. The van der Waals surface area contributed by atoms with Gasteiger partial charge in [-0.1, -0.05) is 42.1 Å². The van der Waals surface area contributed by atoms with Crippen LogP contribution in [0.15, 0.2) is 30.3 Å². The van der Waals surface area contributed by atoms with Crippen LogP contribution in [0.4, 0.5) is 0 Å². The molecule has 0 spiro atoms. The van der Waals surface area contributed by atoms with E-state index in [2.05, 4.69) is 0 Å². The number of thioether (sulfide) groups is 1. The Morgan fingerprint density at radius 3 is 2.50 bits per heavy atom. The van der Waals surface area contributed by atoms with Gasteiger partial charge in [0.1, 0.15) is 5.92 Å². The normalized spacial score (nSPS) is 20.9. The molecule has 1 atom stereocenters. The summed E-state index contributed by atoms with van der Waals surface area (Å²) in [5.74, 6) is -1.21. The van der Waals surface area contributed by atoms with Crippen molar-refractivity contribution in [3.8, 4) is 0 Å². The molecule has 0 radical (unpaired) electrons. The van der Waals surface area contributed by atoms with Gasteiger partial charge < -0.3 is 0 Å². The Balaban J connectivity index is 2.27. The monoisotopic (exact) mass is 234 g/mol. The summed E-state index contributed by atoms with van der Waals surface area (Å²) in [6.45, 7) is 0. The van der Waals surface area contributed by atoms with Crippen LogP contribution < -0.4 is 0 Å². The van der Waals surface area contributed by atoms with Gasteiger partial charge in [-0.2, -0.15) is 0 Å². The average Bonchev–Trinajstić information content (AvgIpc) is 2.30. The second kappa shape index (κ2) is 4.61. The Morgan fingerprint density at radius 2 is 1.88 bits per heavy atom. The fourth-order valence-electron chi connectivity index (χ4n) is 1.63. The molecule has 3 nitrogen and oxygen atoms in total. The van der Waals surface area contributed by atoms with Gasteiger partial charge in [-0.05, 0) is 0 Å². The van der Waals surface area contributed by atoms with Crippen LogP contribution in [0.2, 0.25) is 0 Å². The van der Waals surface area contributed by atoms with E-state index in [9.17, 15) is 14.4 Å². The minimum absolute atomic E-state index is 0.252. The minimum atomic E-state index is -1.08. The van der Waals surface area contributed by atoms with E-state index in [4.69, 9.17) is 0 Å². The number of benzene rings is 1. The number of rotatable bonds is 2. The van der Waals surface area contributed by atoms with E-state index in [1.54, 1.807) is 30.3 Å². The third-order valence-electron chi connectivity index (χ3n) is 2.47. The summed E-state index contributed by atoms with van der Waals surface area (Å²) in [7, 11) is 0. The van der Waals surface area contributed by atoms with E-state index in [0.717, 1.165) is 11.8 Å². The molecule has 0 saturated carbocycles. The SMILES string of the molecule is O=C1CCSC(=O)C1C(=O)c1ccccc1. The van der Waals surface area contributed by atoms with E-state index in [0.29, 0.717) is 17.7 Å². The molecule has 0 aliphatic carbocycles. The van der Waals surface area contributed by atoms with Gasteiger partial charge >= 0.3 is 0 Å². The third-order valence-corrected chi connectivity index (χ3v) is 3.40. The highest BCUT2D eigenvalue weighted by molar-refractivity contribution is 8.13. The van der Waals surface area contributed by atoms with Gasteiger partial charge in [0.2, 0.25) is 5.12 Å². The molecule has 1 fully saturated rings. The maximum Gasteiger partial charge on any atom is 0.207 e. The van der Waals surface area contributed by atoms with Crippen LogP contribution >= 0.6 is 11.8 Å². The van der Waals surface area contributed by atoms with Crippen molar-refractivity contribution in [1.82, 2.24) is 0 Å². The molecule has 0 N–H and O–H groups in total. The molecule has 2 rings (SSSR count). The molecule has 1 aromatic rings. The second-order valence-electron chi connectivity index (χ2n) is 3.55. The first kappa shape index (κ1) is 11.1. The smallest absolute Gasteiger partial charge is 0.207 e. The molecule has 1 aromatic carbocycles. The Kier molecular flexibility index (Phi) is 3.19. The molecule has 1 heterocycles. The zero-order valence-electron chi connectivity index (χ0n) is 8.51. The van der Waals surface area contributed by atoms with Crippen LogP contribution in [0, 0.1) is 5.92 Å². The molecular formula is C12H10O3S. The van der Waals surface area contributed by atoms with E-state index in [1.165, 1.54) is 0 Å². The maximum atomic E-state index is 12.0. The summed E-state index contributed by atoms with van der Waals surface area (Å²) in [6, 6.07) is 8.48. The fraction of sp³-hybridized carbons (Fsp3) is 0.250. The van der Waals surface area contributed by atoms with Crippen LogP contribution in [0.1, 0.15) is 16.8 Å². The number of Topliss-reactive ketones (excluding diaryl/α,β-unsaturated/α-hetero) is 2. The highest BCUT2D eigenvalue weighted by Crippen LogP contribution is 2.24. The Bertz CT molecular complexity index is 423. The number of ketones is 2. The van der Waals surface area contributed by atoms with Crippen LogP contribution in [0.25, 0.3) is 0 Å². The molecule has 0 aromatic heterocycles. The molecular weight excluding hydrogens is 224 g/mol. The highest BCUT2D eigenvalue weighted by Gasteiger charge is 2.37. The van der Waals surface area contributed by atoms with Crippen molar-refractivity contribution >= 4 is 28.4 Å². The molecule has 1 aliphatic heterocycles. The predicted molar refractivity (Wildman–Crippen MR) is 61.4 cm³/mol. The number of hydrogen-bond acceptors (Lipinski definition) is 4. The van der Waals surface area contributed by atoms with Crippen molar-refractivity contribution in [3.63, 3.8) is 0 Å². The summed E-state index contributed by atoms with van der Waals surface area (Å²) < 4.78 is 0. The van der Waals surface area contributed by atoms with Crippen molar-refractivity contribution in [2.75, 3.05) is 5.75 Å². The Labute approximate surface area is 97.2 Å². The standard InChI is InChI=1S/C12H10O3S/c13-9-6-7-16-12(15)10(9)11(14)8-4-2-1-3-5-8/h1-5,10H,6-7H2. The van der Waals surface area contributed by atoms with E-state index >= 15 is 0 Å². The van der Waals surface area contributed by atoms with Crippen molar-refractivity contribution in [2.24, 2.45) is 5.92 Å². The predicted octanol–water partition coefficient (Wildman–Crippen LogP) is 1.72. The fourth-order valence-corrected chi connectivity index (χ4v) is 2.54. The Hall–Kier alpha value is -1.42. The van der Waals surface area contributed by atoms with Crippen LogP contribution in [-0.2, 0) is 9.59 Å². The molecule has 0 bridgehead atoms. The van der Waals surface area contributed by atoms with Gasteiger partial charge in [0.15, 0.2) is 11.6 Å². The van der Waals surface area contributed by atoms with Crippen LogP contribution in [0.5, 0.6) is 0 Å². The number of carbonyl (C=O) groups is 3.